The summed E-state index contributed by atoms with van der Waals surface area (Å²) in [5, 5.41) is 1.84. The minimum absolute atomic E-state index is 0.0725. The van der Waals surface area contributed by atoms with Crippen molar-refractivity contribution >= 4 is 22.2 Å². The van der Waals surface area contributed by atoms with Crippen LogP contribution in [-0.2, 0) is 0 Å². The van der Waals surface area contributed by atoms with Gasteiger partial charge in [-0.2, -0.15) is 0 Å². The first-order valence-corrected chi connectivity index (χ1v) is 5.99. The van der Waals surface area contributed by atoms with E-state index in [2.05, 4.69) is 4.98 Å². The van der Waals surface area contributed by atoms with E-state index >= 15 is 0 Å². The number of pyridine rings is 1. The maximum atomic E-state index is 12.6. The Morgan fingerprint density at radius 2 is 1.74 bits per heavy atom. The van der Waals surface area contributed by atoms with Crippen LogP contribution in [0.1, 0.15) is 15.9 Å². The topological polar surface area (TPSA) is 56.0 Å². The molecule has 0 spiro atoms. The Hall–Kier alpha value is -2.68. The fourth-order valence-corrected chi connectivity index (χ4v) is 2.16. The van der Waals surface area contributed by atoms with Gasteiger partial charge >= 0.3 is 0 Å². The maximum Gasteiger partial charge on any atom is 0.195 e. The van der Waals surface area contributed by atoms with Gasteiger partial charge in [0.2, 0.25) is 0 Å². The van der Waals surface area contributed by atoms with E-state index < -0.39 is 0 Å². The molecule has 0 saturated carbocycles. The van der Waals surface area contributed by atoms with Gasteiger partial charge in [-0.05, 0) is 23.6 Å². The third-order valence-corrected chi connectivity index (χ3v) is 3.13. The summed E-state index contributed by atoms with van der Waals surface area (Å²) in [4.78, 5) is 16.7. The molecule has 0 atom stereocenters. The van der Waals surface area contributed by atoms with E-state index in [4.69, 9.17) is 5.73 Å². The first-order chi connectivity index (χ1) is 9.27. The lowest BCUT2D eigenvalue weighted by Crippen LogP contribution is -2.05. The predicted molar refractivity (Wildman–Crippen MR) is 76.0 cm³/mol. The SMILES string of the molecule is Nc1ccccc1C(=O)c1cccc2ccncc12. The number of rotatable bonds is 2. The summed E-state index contributed by atoms with van der Waals surface area (Å²) < 4.78 is 0. The number of benzene rings is 2. The number of para-hydroxylation sites is 1. The molecule has 1 heterocycles. The molecule has 2 aromatic carbocycles. The van der Waals surface area contributed by atoms with E-state index in [1.807, 2.05) is 30.3 Å². The second kappa shape index (κ2) is 4.53. The number of nitrogens with two attached hydrogens (primary N) is 1. The minimum atomic E-state index is -0.0725. The van der Waals surface area contributed by atoms with Crippen LogP contribution in [0.15, 0.2) is 60.9 Å². The van der Waals surface area contributed by atoms with Crippen LogP contribution in [0.4, 0.5) is 5.69 Å². The lowest BCUT2D eigenvalue weighted by atomic mass is 9.97. The zero-order valence-electron chi connectivity index (χ0n) is 10.2. The summed E-state index contributed by atoms with van der Waals surface area (Å²) in [6.07, 6.45) is 3.43. The number of carbonyl (C=O) groups excluding carboxylic acids is 1. The molecule has 19 heavy (non-hydrogen) atoms. The molecule has 0 saturated heterocycles. The molecule has 2 N–H and O–H groups in total. The molecular formula is C16H12N2O. The van der Waals surface area contributed by atoms with Gasteiger partial charge in [0.25, 0.3) is 0 Å². The van der Waals surface area contributed by atoms with E-state index in [1.165, 1.54) is 0 Å². The van der Waals surface area contributed by atoms with Crippen LogP contribution in [-0.4, -0.2) is 10.8 Å². The van der Waals surface area contributed by atoms with Crippen molar-refractivity contribution < 1.29 is 4.79 Å². The molecule has 0 unspecified atom stereocenters. The number of carbonyl (C=O) groups is 1. The normalized spacial score (nSPS) is 10.5. The van der Waals surface area contributed by atoms with Gasteiger partial charge in [-0.3, -0.25) is 9.78 Å². The fraction of sp³-hybridized carbons (Fsp3) is 0. The fourth-order valence-electron chi connectivity index (χ4n) is 2.16. The Kier molecular flexibility index (Phi) is 2.72. The van der Waals surface area contributed by atoms with Crippen molar-refractivity contribution in [3.63, 3.8) is 0 Å². The van der Waals surface area contributed by atoms with Gasteiger partial charge in [-0.1, -0.05) is 30.3 Å². The van der Waals surface area contributed by atoms with Gasteiger partial charge in [0, 0.05) is 34.6 Å². The average molecular weight is 248 g/mol. The zero-order chi connectivity index (χ0) is 13.2. The number of aromatic nitrogens is 1. The Labute approximate surface area is 110 Å². The Morgan fingerprint density at radius 3 is 2.58 bits per heavy atom. The van der Waals surface area contributed by atoms with Crippen molar-refractivity contribution in [1.29, 1.82) is 0 Å². The van der Waals surface area contributed by atoms with E-state index in [1.54, 1.807) is 30.6 Å². The number of nitrogen functional groups attached to an aromatic ring is 1. The largest absolute Gasteiger partial charge is 0.398 e. The van der Waals surface area contributed by atoms with E-state index in [9.17, 15) is 4.79 Å². The van der Waals surface area contributed by atoms with E-state index in [0.29, 0.717) is 16.8 Å². The van der Waals surface area contributed by atoms with Gasteiger partial charge in [0.1, 0.15) is 0 Å². The molecular weight excluding hydrogens is 236 g/mol. The number of nitrogens with zero attached hydrogens (tertiary/aromatic N) is 1. The summed E-state index contributed by atoms with van der Waals surface area (Å²) in [7, 11) is 0. The Balaban J connectivity index is 2.20. The highest BCUT2D eigenvalue weighted by Crippen LogP contribution is 2.22. The third-order valence-electron chi connectivity index (χ3n) is 3.13. The second-order valence-electron chi connectivity index (χ2n) is 4.32. The quantitative estimate of drug-likeness (QED) is 0.560. The monoisotopic (exact) mass is 248 g/mol. The Morgan fingerprint density at radius 1 is 0.947 bits per heavy atom. The summed E-state index contributed by atoms with van der Waals surface area (Å²) in [6, 6.07) is 14.6. The van der Waals surface area contributed by atoms with Crippen molar-refractivity contribution in [2.45, 2.75) is 0 Å². The van der Waals surface area contributed by atoms with E-state index in [-0.39, 0.29) is 5.78 Å². The van der Waals surface area contributed by atoms with Gasteiger partial charge < -0.3 is 5.73 Å². The van der Waals surface area contributed by atoms with Crippen molar-refractivity contribution in [2.24, 2.45) is 0 Å². The first-order valence-electron chi connectivity index (χ1n) is 5.99. The molecule has 0 fully saturated rings. The second-order valence-corrected chi connectivity index (χ2v) is 4.32. The molecule has 3 nitrogen and oxygen atoms in total. The molecule has 0 aliphatic carbocycles. The van der Waals surface area contributed by atoms with Crippen LogP contribution in [0.2, 0.25) is 0 Å². The summed E-state index contributed by atoms with van der Waals surface area (Å²) in [5.41, 5.74) is 7.52. The highest BCUT2D eigenvalue weighted by Gasteiger charge is 2.14. The lowest BCUT2D eigenvalue weighted by molar-refractivity contribution is 0.104. The number of ketones is 1. The van der Waals surface area contributed by atoms with Crippen molar-refractivity contribution in [3.8, 4) is 0 Å². The summed E-state index contributed by atoms with van der Waals surface area (Å²) >= 11 is 0. The number of anilines is 1. The number of hydrogen-bond donors (Lipinski definition) is 1. The van der Waals surface area contributed by atoms with Crippen molar-refractivity contribution in [3.05, 3.63) is 72.1 Å². The van der Waals surface area contributed by atoms with Crippen LogP contribution in [0.25, 0.3) is 10.8 Å². The molecule has 0 aliphatic rings. The highest BCUT2D eigenvalue weighted by molar-refractivity contribution is 6.18. The first kappa shape index (κ1) is 11.4. The molecule has 0 radical (unpaired) electrons. The van der Waals surface area contributed by atoms with Crippen LogP contribution >= 0.6 is 0 Å². The molecule has 0 aliphatic heterocycles. The molecule has 0 amide bonds. The van der Waals surface area contributed by atoms with Gasteiger partial charge in [0.05, 0.1) is 0 Å². The van der Waals surface area contributed by atoms with Crippen molar-refractivity contribution in [1.82, 2.24) is 4.98 Å². The zero-order valence-corrected chi connectivity index (χ0v) is 10.2. The number of fused-ring (bicyclic) bond motifs is 1. The highest BCUT2D eigenvalue weighted by atomic mass is 16.1. The van der Waals surface area contributed by atoms with Crippen LogP contribution in [0, 0.1) is 0 Å². The standard InChI is InChI=1S/C16H12N2O/c17-15-7-2-1-5-13(15)16(19)12-6-3-4-11-8-9-18-10-14(11)12/h1-10H,17H2. The van der Waals surface area contributed by atoms with Gasteiger partial charge in [-0.15, -0.1) is 0 Å². The Bertz CT molecular complexity index is 760. The molecule has 92 valence electrons. The number of hydrogen-bond acceptors (Lipinski definition) is 3. The summed E-state index contributed by atoms with van der Waals surface area (Å²) in [6.45, 7) is 0. The molecule has 3 aromatic rings. The molecule has 1 aromatic heterocycles. The molecule has 3 heteroatoms. The van der Waals surface area contributed by atoms with E-state index in [0.717, 1.165) is 10.8 Å². The van der Waals surface area contributed by atoms with Gasteiger partial charge in [0.15, 0.2) is 5.78 Å². The third kappa shape index (κ3) is 1.95. The summed E-state index contributed by atoms with van der Waals surface area (Å²) in [5.74, 6) is -0.0725. The molecule has 0 bridgehead atoms. The average Bonchev–Trinajstić information content (AvgIpc) is 2.46. The predicted octanol–water partition coefficient (Wildman–Crippen LogP) is 3.05. The van der Waals surface area contributed by atoms with Crippen molar-refractivity contribution in [2.75, 3.05) is 5.73 Å². The van der Waals surface area contributed by atoms with Crippen LogP contribution < -0.4 is 5.73 Å². The maximum absolute atomic E-state index is 12.6. The van der Waals surface area contributed by atoms with Crippen LogP contribution in [0.5, 0.6) is 0 Å². The van der Waals surface area contributed by atoms with Gasteiger partial charge in [-0.25, -0.2) is 0 Å². The lowest BCUT2D eigenvalue weighted by Gasteiger charge is -2.07. The minimum Gasteiger partial charge on any atom is -0.398 e. The smallest absolute Gasteiger partial charge is 0.195 e. The van der Waals surface area contributed by atoms with Crippen LogP contribution in [0.3, 0.4) is 0 Å². The molecule has 3 rings (SSSR count).